The van der Waals surface area contributed by atoms with E-state index in [0.29, 0.717) is 17.8 Å². The minimum atomic E-state index is -0.150. The number of hydrogen-bond acceptors (Lipinski definition) is 3. The van der Waals surface area contributed by atoms with Crippen molar-refractivity contribution in [2.24, 2.45) is 0 Å². The van der Waals surface area contributed by atoms with Gasteiger partial charge in [-0.15, -0.1) is 0 Å². The lowest BCUT2D eigenvalue weighted by Crippen LogP contribution is -2.23. The number of benzene rings is 3. The lowest BCUT2D eigenvalue weighted by Gasteiger charge is -2.08. The van der Waals surface area contributed by atoms with E-state index in [4.69, 9.17) is 5.10 Å². The first-order chi connectivity index (χ1) is 16.7. The second-order valence-corrected chi connectivity index (χ2v) is 8.22. The topological polar surface area (TPSA) is 64.7 Å². The summed E-state index contributed by atoms with van der Waals surface area (Å²) in [5.41, 5.74) is 6.37. The van der Waals surface area contributed by atoms with Crippen LogP contribution in [-0.4, -0.2) is 25.2 Å². The Labute approximate surface area is 198 Å². The Morgan fingerprint density at radius 2 is 1.65 bits per heavy atom. The fourth-order valence-corrected chi connectivity index (χ4v) is 3.92. The molecule has 5 aromatic rings. The fourth-order valence-electron chi connectivity index (χ4n) is 3.92. The molecule has 0 atom stereocenters. The van der Waals surface area contributed by atoms with Crippen molar-refractivity contribution in [1.29, 1.82) is 0 Å². The molecule has 0 saturated heterocycles. The molecule has 1 amide bonds. The Morgan fingerprint density at radius 1 is 0.912 bits per heavy atom. The SMILES string of the molecule is Cc1ccccc1-c1nn(-c2ccccc2)cc1C(=O)NCc1ccc(Cn2ccnc2)cc1. The van der Waals surface area contributed by atoms with E-state index in [1.807, 2.05) is 84.4 Å². The van der Waals surface area contributed by atoms with Gasteiger partial charge < -0.3 is 9.88 Å². The summed E-state index contributed by atoms with van der Waals surface area (Å²) in [7, 11) is 0. The second kappa shape index (κ2) is 9.58. The van der Waals surface area contributed by atoms with E-state index < -0.39 is 0 Å². The van der Waals surface area contributed by atoms with Crippen molar-refractivity contribution < 1.29 is 4.79 Å². The first-order valence-electron chi connectivity index (χ1n) is 11.2. The summed E-state index contributed by atoms with van der Waals surface area (Å²) in [4.78, 5) is 17.3. The van der Waals surface area contributed by atoms with Crippen LogP contribution in [0.3, 0.4) is 0 Å². The summed E-state index contributed by atoms with van der Waals surface area (Å²) < 4.78 is 3.79. The molecule has 0 aliphatic heterocycles. The average Bonchev–Trinajstić information content (AvgIpc) is 3.55. The van der Waals surface area contributed by atoms with Crippen LogP contribution in [-0.2, 0) is 13.1 Å². The number of rotatable bonds is 7. The molecule has 168 valence electrons. The van der Waals surface area contributed by atoms with Crippen LogP contribution in [0.2, 0.25) is 0 Å². The molecule has 1 N–H and O–H groups in total. The highest BCUT2D eigenvalue weighted by Crippen LogP contribution is 2.26. The molecule has 0 aliphatic rings. The monoisotopic (exact) mass is 447 g/mol. The van der Waals surface area contributed by atoms with E-state index >= 15 is 0 Å². The zero-order chi connectivity index (χ0) is 23.3. The van der Waals surface area contributed by atoms with E-state index in [1.165, 1.54) is 5.56 Å². The van der Waals surface area contributed by atoms with Gasteiger partial charge in [0.05, 0.1) is 17.6 Å². The smallest absolute Gasteiger partial charge is 0.255 e. The van der Waals surface area contributed by atoms with Crippen LogP contribution in [0.1, 0.15) is 27.0 Å². The van der Waals surface area contributed by atoms with Gasteiger partial charge in [-0.25, -0.2) is 9.67 Å². The Balaban J connectivity index is 1.36. The van der Waals surface area contributed by atoms with Gasteiger partial charge in [-0.1, -0.05) is 66.7 Å². The maximum absolute atomic E-state index is 13.3. The van der Waals surface area contributed by atoms with Crippen molar-refractivity contribution in [3.8, 4) is 16.9 Å². The van der Waals surface area contributed by atoms with Gasteiger partial charge >= 0.3 is 0 Å². The fraction of sp³-hybridized carbons (Fsp3) is 0.107. The lowest BCUT2D eigenvalue weighted by molar-refractivity contribution is 0.0951. The largest absolute Gasteiger partial charge is 0.348 e. The molecule has 0 fully saturated rings. The summed E-state index contributed by atoms with van der Waals surface area (Å²) in [5, 5.41) is 7.85. The Hall–Kier alpha value is -4.45. The summed E-state index contributed by atoms with van der Waals surface area (Å²) in [6.07, 6.45) is 7.32. The van der Waals surface area contributed by atoms with Gasteiger partial charge in [0.25, 0.3) is 5.91 Å². The molecule has 0 radical (unpaired) electrons. The van der Waals surface area contributed by atoms with Crippen molar-refractivity contribution in [3.05, 3.63) is 126 Å². The third kappa shape index (κ3) is 4.66. The lowest BCUT2D eigenvalue weighted by atomic mass is 10.0. The molecule has 2 heterocycles. The normalized spacial score (nSPS) is 10.9. The number of hydrogen-bond donors (Lipinski definition) is 1. The minimum absolute atomic E-state index is 0.150. The number of aryl methyl sites for hydroxylation is 1. The standard InChI is InChI=1S/C28H25N5O/c1-21-7-5-6-10-25(21)27-26(19-33(31-27)24-8-3-2-4-9-24)28(34)30-17-22-11-13-23(14-12-22)18-32-16-15-29-20-32/h2-16,19-20H,17-18H2,1H3,(H,30,34). The van der Waals surface area contributed by atoms with Crippen molar-refractivity contribution in [3.63, 3.8) is 0 Å². The third-order valence-corrected chi connectivity index (χ3v) is 5.78. The molecule has 2 aromatic heterocycles. The first kappa shape index (κ1) is 21.4. The van der Waals surface area contributed by atoms with Crippen molar-refractivity contribution in [1.82, 2.24) is 24.6 Å². The first-order valence-corrected chi connectivity index (χ1v) is 11.2. The number of nitrogens with one attached hydrogen (secondary N) is 1. The van der Waals surface area contributed by atoms with Crippen molar-refractivity contribution in [2.75, 3.05) is 0 Å². The molecule has 5 rings (SSSR count). The number of carbonyl (C=O) groups is 1. The Bertz CT molecular complexity index is 1390. The highest BCUT2D eigenvalue weighted by molar-refractivity contribution is 6.00. The average molecular weight is 448 g/mol. The Kier molecular flexibility index (Phi) is 6.03. The summed E-state index contributed by atoms with van der Waals surface area (Å²) in [6, 6.07) is 26.1. The van der Waals surface area contributed by atoms with Crippen LogP contribution in [0.4, 0.5) is 0 Å². The summed E-state index contributed by atoms with van der Waals surface area (Å²) in [6.45, 7) is 3.24. The Morgan fingerprint density at radius 3 is 2.38 bits per heavy atom. The molecule has 6 nitrogen and oxygen atoms in total. The van der Waals surface area contributed by atoms with Gasteiger partial charge in [0.1, 0.15) is 5.69 Å². The summed E-state index contributed by atoms with van der Waals surface area (Å²) in [5.74, 6) is -0.150. The van der Waals surface area contributed by atoms with E-state index in [1.54, 1.807) is 23.4 Å². The molecular weight excluding hydrogens is 422 g/mol. The predicted molar refractivity (Wildman–Crippen MR) is 133 cm³/mol. The van der Waals surface area contributed by atoms with Gasteiger partial charge in [0.15, 0.2) is 0 Å². The maximum atomic E-state index is 13.3. The molecule has 0 spiro atoms. The number of amides is 1. The van der Waals surface area contributed by atoms with E-state index in [0.717, 1.165) is 28.9 Å². The highest BCUT2D eigenvalue weighted by atomic mass is 16.1. The van der Waals surface area contributed by atoms with E-state index in [9.17, 15) is 4.79 Å². The molecule has 6 heteroatoms. The zero-order valence-corrected chi connectivity index (χ0v) is 18.9. The van der Waals surface area contributed by atoms with Crippen LogP contribution in [0.15, 0.2) is 104 Å². The van der Waals surface area contributed by atoms with Gasteiger partial charge in [-0.05, 0) is 35.7 Å². The second-order valence-electron chi connectivity index (χ2n) is 8.22. The predicted octanol–water partition coefficient (Wildman–Crippen LogP) is 5.02. The molecule has 3 aromatic carbocycles. The number of imidazole rings is 1. The zero-order valence-electron chi connectivity index (χ0n) is 18.9. The highest BCUT2D eigenvalue weighted by Gasteiger charge is 2.19. The van der Waals surface area contributed by atoms with Crippen LogP contribution < -0.4 is 5.32 Å². The van der Waals surface area contributed by atoms with E-state index in [2.05, 4.69) is 22.4 Å². The molecule has 0 bridgehead atoms. The van der Waals surface area contributed by atoms with Crippen LogP contribution in [0.25, 0.3) is 16.9 Å². The number of aromatic nitrogens is 4. The van der Waals surface area contributed by atoms with Crippen LogP contribution >= 0.6 is 0 Å². The maximum Gasteiger partial charge on any atom is 0.255 e. The van der Waals surface area contributed by atoms with E-state index in [-0.39, 0.29) is 5.91 Å². The molecule has 0 saturated carbocycles. The van der Waals surface area contributed by atoms with Gasteiger partial charge in [0.2, 0.25) is 0 Å². The number of nitrogens with zero attached hydrogens (tertiary/aromatic N) is 4. The third-order valence-electron chi connectivity index (χ3n) is 5.78. The van der Waals surface area contributed by atoms with Crippen molar-refractivity contribution >= 4 is 5.91 Å². The summed E-state index contributed by atoms with van der Waals surface area (Å²) >= 11 is 0. The van der Waals surface area contributed by atoms with Gasteiger partial charge in [-0.2, -0.15) is 5.10 Å². The molecule has 0 unspecified atom stereocenters. The van der Waals surface area contributed by atoms with Gasteiger partial charge in [-0.3, -0.25) is 4.79 Å². The molecular formula is C28H25N5O. The molecule has 34 heavy (non-hydrogen) atoms. The molecule has 0 aliphatic carbocycles. The quantitative estimate of drug-likeness (QED) is 0.381. The minimum Gasteiger partial charge on any atom is -0.348 e. The number of carbonyl (C=O) groups excluding carboxylic acids is 1. The van der Waals surface area contributed by atoms with Crippen LogP contribution in [0.5, 0.6) is 0 Å². The van der Waals surface area contributed by atoms with Gasteiger partial charge in [0, 0.05) is 37.2 Å². The van der Waals surface area contributed by atoms with Crippen LogP contribution in [0, 0.1) is 6.92 Å². The number of para-hydroxylation sites is 1. The van der Waals surface area contributed by atoms with Crippen molar-refractivity contribution in [2.45, 2.75) is 20.0 Å².